The van der Waals surface area contributed by atoms with Gasteiger partial charge in [0, 0.05) is 12.5 Å². The molecule has 11 atom stereocenters. The molecule has 4 saturated carbocycles. The number of rotatable bonds is 10. The molecule has 42 heavy (non-hydrogen) atoms. The lowest BCUT2D eigenvalue weighted by atomic mass is 9.43. The van der Waals surface area contributed by atoms with Crippen LogP contribution in [0.4, 0.5) is 0 Å². The predicted molar refractivity (Wildman–Crippen MR) is 181 cm³/mol. The van der Waals surface area contributed by atoms with E-state index in [1.54, 1.807) is 0 Å². The number of methoxy groups -OCH3 is 1. The third-order valence-electron chi connectivity index (χ3n) is 11.9. The molecule has 0 amide bonds. The van der Waals surface area contributed by atoms with E-state index in [9.17, 15) is 4.79 Å². The van der Waals surface area contributed by atoms with Crippen molar-refractivity contribution in [1.29, 1.82) is 0 Å². The second kappa shape index (κ2) is 12.3. The highest BCUT2D eigenvalue weighted by molar-refractivity contribution is 6.70. The van der Waals surface area contributed by atoms with Crippen molar-refractivity contribution in [1.82, 2.24) is 0 Å². The number of carbonyl (C=O) groups is 1. The maximum atomic E-state index is 12.0. The van der Waals surface area contributed by atoms with Crippen LogP contribution in [-0.2, 0) is 22.8 Å². The first kappa shape index (κ1) is 34.9. The van der Waals surface area contributed by atoms with Crippen LogP contribution in [0.15, 0.2) is 0 Å². The Morgan fingerprint density at radius 3 is 1.86 bits per heavy atom. The van der Waals surface area contributed by atoms with Crippen molar-refractivity contribution in [3.8, 4) is 0 Å². The van der Waals surface area contributed by atoms with Crippen LogP contribution in [0.5, 0.6) is 0 Å². The first-order valence-corrected chi connectivity index (χ1v) is 27.5. The summed E-state index contributed by atoms with van der Waals surface area (Å²) < 4.78 is 26.6. The van der Waals surface area contributed by atoms with E-state index in [2.05, 4.69) is 79.7 Å². The summed E-state index contributed by atoms with van der Waals surface area (Å²) in [5.41, 5.74) is 0.562. The first-order chi connectivity index (χ1) is 19.2. The third-order valence-corrected chi connectivity index (χ3v) is 14.9. The average Bonchev–Trinajstić information content (AvgIpc) is 3.19. The predicted octanol–water partition coefficient (Wildman–Crippen LogP) is 9.11. The monoisotopic (exact) mass is 638 g/mol. The Morgan fingerprint density at radius 1 is 0.738 bits per heavy atom. The molecule has 4 aliphatic rings. The topological polar surface area (TPSA) is 54.0 Å². The maximum Gasteiger partial charge on any atom is 0.305 e. The molecule has 244 valence electrons. The lowest BCUT2D eigenvalue weighted by molar-refractivity contribution is -0.213. The van der Waals surface area contributed by atoms with Crippen LogP contribution in [0.3, 0.4) is 0 Å². The van der Waals surface area contributed by atoms with Gasteiger partial charge in [-0.15, -0.1) is 0 Å². The second-order valence-electron chi connectivity index (χ2n) is 18.2. The van der Waals surface area contributed by atoms with Gasteiger partial charge in [0.2, 0.25) is 0 Å². The van der Waals surface area contributed by atoms with E-state index in [4.69, 9.17) is 18.0 Å². The summed E-state index contributed by atoms with van der Waals surface area (Å²) in [6, 6.07) is 0. The summed E-state index contributed by atoms with van der Waals surface area (Å²) in [7, 11) is -3.82. The summed E-state index contributed by atoms with van der Waals surface area (Å²) >= 11 is 0. The van der Waals surface area contributed by atoms with E-state index in [0.29, 0.717) is 53.4 Å². The fourth-order valence-electron chi connectivity index (χ4n) is 10.5. The number of hydrogen-bond donors (Lipinski definition) is 0. The second-order valence-corrected chi connectivity index (χ2v) is 31.6. The van der Waals surface area contributed by atoms with E-state index in [0.717, 1.165) is 12.8 Å². The number of hydrogen-bond acceptors (Lipinski definition) is 5. The van der Waals surface area contributed by atoms with Crippen LogP contribution < -0.4 is 0 Å². The van der Waals surface area contributed by atoms with Crippen molar-refractivity contribution in [2.24, 2.45) is 46.3 Å². The molecule has 0 saturated heterocycles. The van der Waals surface area contributed by atoms with E-state index in [1.165, 1.54) is 45.6 Å². The van der Waals surface area contributed by atoms with E-state index < -0.39 is 25.0 Å². The summed E-state index contributed by atoms with van der Waals surface area (Å²) in [6.45, 7) is 29.0. The van der Waals surface area contributed by atoms with E-state index in [-0.39, 0.29) is 23.6 Å². The van der Waals surface area contributed by atoms with Gasteiger partial charge < -0.3 is 18.0 Å². The van der Waals surface area contributed by atoms with Crippen LogP contribution in [0.2, 0.25) is 58.9 Å². The molecule has 0 aliphatic heterocycles. The lowest BCUT2D eigenvalue weighted by Crippen LogP contribution is -2.67. The smallest absolute Gasteiger partial charge is 0.305 e. The molecule has 0 N–H and O–H groups in total. The Labute approximate surface area is 262 Å². The molecular weight excluding hydrogens is 573 g/mol. The van der Waals surface area contributed by atoms with Gasteiger partial charge in [0.1, 0.15) is 0 Å². The normalized spacial score (nSPS) is 41.5. The van der Waals surface area contributed by atoms with Gasteiger partial charge in [-0.3, -0.25) is 4.79 Å². The zero-order chi connectivity index (χ0) is 31.5. The van der Waals surface area contributed by atoms with E-state index in [1.807, 2.05) is 0 Å². The van der Waals surface area contributed by atoms with Crippen LogP contribution >= 0.6 is 0 Å². The largest absolute Gasteiger partial charge is 0.469 e. The van der Waals surface area contributed by atoms with Gasteiger partial charge in [-0.1, -0.05) is 20.8 Å². The molecule has 0 heterocycles. The van der Waals surface area contributed by atoms with Crippen molar-refractivity contribution < 1.29 is 22.8 Å². The zero-order valence-corrected chi connectivity index (χ0v) is 32.6. The Hall–Kier alpha value is 0.000649. The van der Waals surface area contributed by atoms with Gasteiger partial charge in [-0.2, -0.15) is 0 Å². The molecule has 0 aromatic carbocycles. The van der Waals surface area contributed by atoms with Gasteiger partial charge in [0.05, 0.1) is 19.3 Å². The Kier molecular flexibility index (Phi) is 10.2. The van der Waals surface area contributed by atoms with Gasteiger partial charge >= 0.3 is 5.97 Å². The molecule has 4 rings (SSSR count). The minimum atomic E-state index is -1.85. The van der Waals surface area contributed by atoms with Crippen LogP contribution in [0.25, 0.3) is 0 Å². The molecule has 0 radical (unpaired) electrons. The van der Waals surface area contributed by atoms with Crippen molar-refractivity contribution in [2.45, 2.75) is 156 Å². The molecule has 4 fully saturated rings. The van der Waals surface area contributed by atoms with Crippen molar-refractivity contribution in [3.05, 3.63) is 0 Å². The van der Waals surface area contributed by atoms with Gasteiger partial charge in [-0.05, 0) is 157 Å². The maximum absolute atomic E-state index is 12.0. The van der Waals surface area contributed by atoms with Crippen LogP contribution in [0.1, 0.15) is 78.6 Å². The highest BCUT2D eigenvalue weighted by Gasteiger charge is 2.66. The highest BCUT2D eigenvalue weighted by atomic mass is 28.4. The quantitative estimate of drug-likeness (QED) is 0.176. The zero-order valence-electron chi connectivity index (χ0n) is 29.6. The minimum Gasteiger partial charge on any atom is -0.469 e. The summed E-state index contributed by atoms with van der Waals surface area (Å²) in [4.78, 5) is 12.0. The summed E-state index contributed by atoms with van der Waals surface area (Å²) in [5, 5.41) is 0. The molecule has 0 spiro atoms. The number of esters is 1. The minimum absolute atomic E-state index is 0.0693. The summed E-state index contributed by atoms with van der Waals surface area (Å²) in [5.74, 6) is 3.49. The van der Waals surface area contributed by atoms with Gasteiger partial charge in [0.15, 0.2) is 25.0 Å². The molecule has 0 bridgehead atoms. The van der Waals surface area contributed by atoms with Crippen LogP contribution in [-0.4, -0.2) is 56.3 Å². The number of fused-ring (bicyclic) bond motifs is 5. The fraction of sp³-hybridized carbons (Fsp3) is 0.971. The van der Waals surface area contributed by atoms with Crippen LogP contribution in [0, 0.1) is 46.3 Å². The van der Waals surface area contributed by atoms with Gasteiger partial charge in [0.25, 0.3) is 0 Å². The Morgan fingerprint density at radius 2 is 1.29 bits per heavy atom. The fourth-order valence-corrected chi connectivity index (χ4v) is 13.9. The molecule has 0 aromatic heterocycles. The lowest BCUT2D eigenvalue weighted by Gasteiger charge is -2.66. The molecule has 8 unspecified atom stereocenters. The van der Waals surface area contributed by atoms with Crippen molar-refractivity contribution in [3.63, 3.8) is 0 Å². The van der Waals surface area contributed by atoms with Crippen molar-refractivity contribution >= 4 is 30.9 Å². The average molecular weight is 639 g/mol. The molecule has 0 aromatic rings. The van der Waals surface area contributed by atoms with E-state index >= 15 is 0 Å². The molecular formula is C34H66O5Si3. The summed E-state index contributed by atoms with van der Waals surface area (Å²) in [6.07, 6.45) is 10.9. The first-order valence-electron chi connectivity index (χ1n) is 17.3. The highest BCUT2D eigenvalue weighted by Crippen LogP contribution is 2.69. The number of carbonyl (C=O) groups excluding carboxylic acids is 1. The van der Waals surface area contributed by atoms with Gasteiger partial charge in [-0.25, -0.2) is 0 Å². The third kappa shape index (κ3) is 7.35. The number of ether oxygens (including phenoxy) is 1. The Balaban J connectivity index is 1.73. The molecule has 8 heteroatoms. The van der Waals surface area contributed by atoms with Crippen molar-refractivity contribution in [2.75, 3.05) is 7.11 Å². The Bertz CT molecular complexity index is 954. The molecule has 5 nitrogen and oxygen atoms in total. The standard InChI is InChI=1S/C34H66O5Si3/c1-23(14-17-29(35)36-4)25-15-16-26-30-27(19-21-33(25,26)2)34(3)20-18-24(37-40(5,6)7)22-28(34)31(38-41(8,9)10)32(30)39-42(11,12)13/h23-28,30-32H,14-22H2,1-13H3/t23?,24-,25?,26?,27?,28+,30?,31+,32?,33?,34?/m1/s1. The molecule has 4 aliphatic carbocycles. The SMILES string of the molecule is COC(=O)CCC(C)C1CCC2C3C(O[Si](C)(C)C)[C@@H](O[Si](C)(C)C)[C@@H]4C[C@H](O[Si](C)(C)C)CCC4(C)C3CCC12C.